The van der Waals surface area contributed by atoms with Gasteiger partial charge in [-0.25, -0.2) is 4.98 Å². The fraction of sp³-hybridized carbons (Fsp3) is 0.556. The fourth-order valence-electron chi connectivity index (χ4n) is 3.11. The van der Waals surface area contributed by atoms with Crippen LogP contribution in [0, 0.1) is 5.92 Å². The van der Waals surface area contributed by atoms with Crippen molar-refractivity contribution in [3.05, 3.63) is 24.2 Å². The van der Waals surface area contributed by atoms with E-state index in [4.69, 9.17) is 14.1 Å². The Labute approximate surface area is 158 Å². The molecule has 2 aromatic heterocycles. The highest BCUT2D eigenvalue weighted by Crippen LogP contribution is 2.18. The van der Waals surface area contributed by atoms with Crippen molar-refractivity contribution in [2.45, 2.75) is 26.2 Å². The van der Waals surface area contributed by atoms with Crippen LogP contribution in [-0.2, 0) is 16.0 Å². The van der Waals surface area contributed by atoms with Gasteiger partial charge in [0.15, 0.2) is 11.7 Å². The van der Waals surface area contributed by atoms with Gasteiger partial charge in [0.1, 0.15) is 5.82 Å². The van der Waals surface area contributed by atoms with Gasteiger partial charge in [-0.05, 0) is 31.9 Å². The summed E-state index contributed by atoms with van der Waals surface area (Å²) in [6.07, 6.45) is 3.82. The molecule has 9 nitrogen and oxygen atoms in total. The normalized spacial score (nSPS) is 15.8. The molecule has 27 heavy (non-hydrogen) atoms. The van der Waals surface area contributed by atoms with Crippen LogP contribution in [-0.4, -0.2) is 65.3 Å². The lowest BCUT2D eigenvalue weighted by Crippen LogP contribution is -2.46. The van der Waals surface area contributed by atoms with Crippen LogP contribution in [0.25, 0.3) is 11.6 Å². The average molecular weight is 374 g/mol. The van der Waals surface area contributed by atoms with E-state index in [0.29, 0.717) is 24.6 Å². The number of methoxy groups -OCH3 is 1. The summed E-state index contributed by atoms with van der Waals surface area (Å²) in [5.41, 5.74) is 0. The summed E-state index contributed by atoms with van der Waals surface area (Å²) in [7, 11) is 1.45. The van der Waals surface area contributed by atoms with E-state index in [2.05, 4.69) is 25.4 Å². The summed E-state index contributed by atoms with van der Waals surface area (Å²) in [6.45, 7) is 5.00. The number of rotatable bonds is 6. The first-order valence-electron chi connectivity index (χ1n) is 9.27. The van der Waals surface area contributed by atoms with E-state index in [9.17, 15) is 4.79 Å². The second kappa shape index (κ2) is 9.20. The molecule has 3 rings (SSSR count). The molecule has 0 aromatic carbocycles. The van der Waals surface area contributed by atoms with Crippen LogP contribution in [0.15, 0.2) is 27.8 Å². The van der Waals surface area contributed by atoms with Crippen molar-refractivity contribution in [1.29, 1.82) is 0 Å². The number of piperidine rings is 1. The van der Waals surface area contributed by atoms with E-state index in [1.54, 1.807) is 6.26 Å². The number of aromatic amines is 1. The van der Waals surface area contributed by atoms with Gasteiger partial charge >= 0.3 is 5.97 Å². The molecule has 0 saturated carbocycles. The molecular formula is C18H26N6O3. The lowest BCUT2D eigenvalue weighted by atomic mass is 9.97. The average Bonchev–Trinajstić information content (AvgIpc) is 3.38. The van der Waals surface area contributed by atoms with E-state index in [1.807, 2.05) is 19.1 Å². The third-order valence-corrected chi connectivity index (χ3v) is 4.55. The van der Waals surface area contributed by atoms with Crippen molar-refractivity contribution in [3.63, 3.8) is 0 Å². The molecule has 146 valence electrons. The highest BCUT2D eigenvalue weighted by molar-refractivity contribution is 5.80. The van der Waals surface area contributed by atoms with Gasteiger partial charge in [0.25, 0.3) is 0 Å². The maximum Gasteiger partial charge on any atom is 0.308 e. The van der Waals surface area contributed by atoms with E-state index in [1.165, 1.54) is 7.11 Å². The van der Waals surface area contributed by atoms with Crippen LogP contribution in [0.4, 0.5) is 0 Å². The number of nitrogens with zero attached hydrogens (tertiary/aromatic N) is 4. The molecule has 9 heteroatoms. The SMILES string of the molecule is CCNC(=NCCc1nc(-c2ccco2)n[nH]1)N1CCC(C(=O)OC)CC1. The second-order valence-electron chi connectivity index (χ2n) is 6.35. The van der Waals surface area contributed by atoms with Crippen molar-refractivity contribution >= 4 is 11.9 Å². The number of carbonyl (C=O) groups excluding carboxylic acids is 1. The third kappa shape index (κ3) is 4.87. The van der Waals surface area contributed by atoms with Crippen molar-refractivity contribution in [2.24, 2.45) is 10.9 Å². The Morgan fingerprint density at radius 2 is 2.30 bits per heavy atom. The number of nitrogens with one attached hydrogen (secondary N) is 2. The Morgan fingerprint density at radius 3 is 2.96 bits per heavy atom. The molecule has 2 N–H and O–H groups in total. The van der Waals surface area contributed by atoms with Gasteiger partial charge in [-0.3, -0.25) is 14.9 Å². The monoisotopic (exact) mass is 374 g/mol. The predicted molar refractivity (Wildman–Crippen MR) is 100 cm³/mol. The molecular weight excluding hydrogens is 348 g/mol. The zero-order chi connectivity index (χ0) is 19.1. The Hall–Kier alpha value is -2.84. The third-order valence-electron chi connectivity index (χ3n) is 4.55. The number of aliphatic imine (C=N–C) groups is 1. The van der Waals surface area contributed by atoms with Crippen molar-refractivity contribution in [3.8, 4) is 11.6 Å². The lowest BCUT2D eigenvalue weighted by molar-refractivity contribution is -0.146. The van der Waals surface area contributed by atoms with Crippen LogP contribution in [0.5, 0.6) is 0 Å². The van der Waals surface area contributed by atoms with Crippen LogP contribution < -0.4 is 5.32 Å². The molecule has 1 saturated heterocycles. The van der Waals surface area contributed by atoms with Gasteiger partial charge in [-0.15, -0.1) is 0 Å². The summed E-state index contributed by atoms with van der Waals surface area (Å²) < 4.78 is 10.1. The minimum Gasteiger partial charge on any atom is -0.469 e. The first-order chi connectivity index (χ1) is 13.2. The van der Waals surface area contributed by atoms with Crippen LogP contribution >= 0.6 is 0 Å². The second-order valence-corrected chi connectivity index (χ2v) is 6.35. The number of furan rings is 1. The number of guanidine groups is 1. The molecule has 0 bridgehead atoms. The molecule has 0 atom stereocenters. The van der Waals surface area contributed by atoms with Gasteiger partial charge in [0, 0.05) is 32.6 Å². The minimum absolute atomic E-state index is 0.0108. The number of hydrogen-bond donors (Lipinski definition) is 2. The van der Waals surface area contributed by atoms with Gasteiger partial charge < -0.3 is 19.4 Å². The van der Waals surface area contributed by atoms with Gasteiger partial charge in [-0.1, -0.05) is 0 Å². The quantitative estimate of drug-likeness (QED) is 0.447. The number of ether oxygens (including phenoxy) is 1. The molecule has 1 aliphatic heterocycles. The van der Waals surface area contributed by atoms with E-state index < -0.39 is 0 Å². The van der Waals surface area contributed by atoms with Gasteiger partial charge in [0.2, 0.25) is 5.82 Å². The van der Waals surface area contributed by atoms with Crippen molar-refractivity contribution in [1.82, 2.24) is 25.4 Å². The first kappa shape index (κ1) is 18.9. The Bertz CT molecular complexity index is 747. The van der Waals surface area contributed by atoms with E-state index in [-0.39, 0.29) is 11.9 Å². The summed E-state index contributed by atoms with van der Waals surface area (Å²) >= 11 is 0. The standard InChI is InChI=1S/C18H26N6O3/c1-3-19-18(24-10-7-13(8-11-24)17(25)26-2)20-9-6-15-21-16(23-22-15)14-5-4-12-27-14/h4-5,12-13H,3,6-11H2,1-2H3,(H,19,20)(H,21,22,23). The topological polar surface area (TPSA) is 109 Å². The van der Waals surface area contributed by atoms with Crippen molar-refractivity contribution < 1.29 is 13.9 Å². The highest BCUT2D eigenvalue weighted by Gasteiger charge is 2.26. The highest BCUT2D eigenvalue weighted by atomic mass is 16.5. The van der Waals surface area contributed by atoms with Gasteiger partial charge in [0.05, 0.1) is 19.3 Å². The molecule has 0 amide bonds. The fourth-order valence-corrected chi connectivity index (χ4v) is 3.11. The number of likely N-dealkylation sites (tertiary alicyclic amines) is 1. The number of hydrogen-bond acceptors (Lipinski definition) is 6. The molecule has 0 aliphatic carbocycles. The molecule has 2 aromatic rings. The molecule has 1 fully saturated rings. The molecule has 0 unspecified atom stereocenters. The number of aromatic nitrogens is 3. The molecule has 3 heterocycles. The van der Waals surface area contributed by atoms with Crippen molar-refractivity contribution in [2.75, 3.05) is 33.3 Å². The zero-order valence-corrected chi connectivity index (χ0v) is 15.8. The maximum atomic E-state index is 11.7. The van der Waals surface area contributed by atoms with Crippen LogP contribution in [0.1, 0.15) is 25.6 Å². The summed E-state index contributed by atoms with van der Waals surface area (Å²) in [6, 6.07) is 3.63. The Kier molecular flexibility index (Phi) is 6.45. The summed E-state index contributed by atoms with van der Waals surface area (Å²) in [5, 5.41) is 10.4. The Balaban J connectivity index is 1.54. The van der Waals surface area contributed by atoms with Crippen LogP contribution in [0.2, 0.25) is 0 Å². The predicted octanol–water partition coefficient (Wildman–Crippen LogP) is 1.46. The van der Waals surface area contributed by atoms with Crippen LogP contribution in [0.3, 0.4) is 0 Å². The maximum absolute atomic E-state index is 11.7. The first-order valence-corrected chi connectivity index (χ1v) is 9.27. The summed E-state index contributed by atoms with van der Waals surface area (Å²) in [5.74, 6) is 2.70. The smallest absolute Gasteiger partial charge is 0.308 e. The Morgan fingerprint density at radius 1 is 1.48 bits per heavy atom. The largest absolute Gasteiger partial charge is 0.469 e. The zero-order valence-electron chi connectivity index (χ0n) is 15.8. The van der Waals surface area contributed by atoms with E-state index >= 15 is 0 Å². The lowest BCUT2D eigenvalue weighted by Gasteiger charge is -2.33. The minimum atomic E-state index is -0.116. The summed E-state index contributed by atoms with van der Waals surface area (Å²) in [4.78, 5) is 23.0. The van der Waals surface area contributed by atoms with Gasteiger partial charge in [-0.2, -0.15) is 5.10 Å². The molecule has 0 radical (unpaired) electrons. The van der Waals surface area contributed by atoms with E-state index in [0.717, 1.165) is 44.3 Å². The molecule has 1 aliphatic rings. The number of esters is 1. The molecule has 0 spiro atoms. The number of carbonyl (C=O) groups is 1. The number of H-pyrrole nitrogens is 1.